The molecule has 0 aromatic carbocycles. The summed E-state index contributed by atoms with van der Waals surface area (Å²) in [6, 6.07) is 3.73. The molecule has 1 heterocycles. The van der Waals surface area contributed by atoms with Gasteiger partial charge in [0.2, 0.25) is 0 Å². The van der Waals surface area contributed by atoms with Crippen molar-refractivity contribution in [2.75, 3.05) is 13.2 Å². The Kier molecular flexibility index (Phi) is 5.64. The predicted octanol–water partition coefficient (Wildman–Crippen LogP) is 1.05. The van der Waals surface area contributed by atoms with Gasteiger partial charge in [0.15, 0.2) is 0 Å². The molecule has 0 aliphatic heterocycles. The van der Waals surface area contributed by atoms with Crippen molar-refractivity contribution in [3.05, 3.63) is 24.0 Å². The minimum absolute atomic E-state index is 0.0646. The second kappa shape index (κ2) is 7.47. The number of aliphatic hydroxyl groups is 1. The van der Waals surface area contributed by atoms with Gasteiger partial charge in [-0.3, -0.25) is 4.79 Å². The molecular weight excluding hydrogens is 270 g/mol. The SMILES string of the molecule is CCOC(=O)C1CCC(O)(CNCc2cccnn2)CC1. The summed E-state index contributed by atoms with van der Waals surface area (Å²) < 4.78 is 5.04. The highest BCUT2D eigenvalue weighted by atomic mass is 16.5. The van der Waals surface area contributed by atoms with E-state index in [-0.39, 0.29) is 11.9 Å². The average Bonchev–Trinajstić information content (AvgIpc) is 2.49. The van der Waals surface area contributed by atoms with E-state index in [1.165, 1.54) is 0 Å². The molecule has 2 rings (SSSR count). The van der Waals surface area contributed by atoms with Crippen molar-refractivity contribution in [3.63, 3.8) is 0 Å². The smallest absolute Gasteiger partial charge is 0.308 e. The second-order valence-electron chi connectivity index (χ2n) is 5.57. The lowest BCUT2D eigenvalue weighted by atomic mass is 9.79. The number of nitrogens with zero attached hydrogens (tertiary/aromatic N) is 2. The number of carbonyl (C=O) groups is 1. The molecule has 21 heavy (non-hydrogen) atoms. The molecule has 116 valence electrons. The molecule has 0 saturated heterocycles. The third kappa shape index (κ3) is 4.75. The van der Waals surface area contributed by atoms with Crippen LogP contribution in [0.5, 0.6) is 0 Å². The molecule has 1 fully saturated rings. The molecule has 0 amide bonds. The fourth-order valence-electron chi connectivity index (χ4n) is 2.68. The zero-order chi connectivity index (χ0) is 15.1. The lowest BCUT2D eigenvalue weighted by Gasteiger charge is -2.35. The van der Waals surface area contributed by atoms with Crippen molar-refractivity contribution in [1.82, 2.24) is 15.5 Å². The minimum Gasteiger partial charge on any atom is -0.466 e. The standard InChI is InChI=1S/C15H23N3O3/c1-2-21-14(19)12-5-7-15(20,8-6-12)11-16-10-13-4-3-9-17-18-13/h3-4,9,12,16,20H,2,5-8,10-11H2,1H3. The number of carbonyl (C=O) groups excluding carboxylic acids is 1. The third-order valence-electron chi connectivity index (χ3n) is 3.92. The first-order valence-electron chi connectivity index (χ1n) is 7.49. The van der Waals surface area contributed by atoms with Crippen molar-refractivity contribution in [2.45, 2.75) is 44.8 Å². The van der Waals surface area contributed by atoms with Crippen LogP contribution in [0.25, 0.3) is 0 Å². The Bertz CT molecular complexity index is 445. The molecule has 0 radical (unpaired) electrons. The van der Waals surface area contributed by atoms with E-state index < -0.39 is 5.60 Å². The summed E-state index contributed by atoms with van der Waals surface area (Å²) in [4.78, 5) is 11.7. The van der Waals surface area contributed by atoms with E-state index in [1.807, 2.05) is 19.1 Å². The molecule has 0 bridgehead atoms. The van der Waals surface area contributed by atoms with Crippen molar-refractivity contribution < 1.29 is 14.6 Å². The molecule has 2 N–H and O–H groups in total. The first-order valence-corrected chi connectivity index (χ1v) is 7.49. The Morgan fingerprint density at radius 2 is 2.29 bits per heavy atom. The second-order valence-corrected chi connectivity index (χ2v) is 5.57. The number of nitrogens with one attached hydrogen (secondary N) is 1. The highest BCUT2D eigenvalue weighted by Crippen LogP contribution is 2.32. The van der Waals surface area contributed by atoms with Crippen LogP contribution in [0.1, 0.15) is 38.3 Å². The summed E-state index contributed by atoms with van der Waals surface area (Å²) in [5, 5.41) is 21.5. The van der Waals surface area contributed by atoms with Gasteiger partial charge >= 0.3 is 5.97 Å². The molecule has 1 aromatic heterocycles. The Hall–Kier alpha value is -1.53. The normalized spacial score (nSPS) is 25.5. The van der Waals surface area contributed by atoms with E-state index in [1.54, 1.807) is 6.20 Å². The molecule has 1 saturated carbocycles. The van der Waals surface area contributed by atoms with Gasteiger partial charge in [-0.15, -0.1) is 0 Å². The monoisotopic (exact) mass is 293 g/mol. The number of ether oxygens (including phenoxy) is 1. The zero-order valence-electron chi connectivity index (χ0n) is 12.4. The zero-order valence-corrected chi connectivity index (χ0v) is 12.4. The van der Waals surface area contributed by atoms with Crippen LogP contribution in [0.15, 0.2) is 18.3 Å². The maximum atomic E-state index is 11.7. The van der Waals surface area contributed by atoms with Crippen LogP contribution < -0.4 is 5.32 Å². The molecule has 6 heteroatoms. The van der Waals surface area contributed by atoms with Gasteiger partial charge in [-0.25, -0.2) is 0 Å². The van der Waals surface area contributed by atoms with Crippen LogP contribution in [0.2, 0.25) is 0 Å². The van der Waals surface area contributed by atoms with Crippen LogP contribution in [0, 0.1) is 5.92 Å². The van der Waals surface area contributed by atoms with Crippen LogP contribution in [-0.4, -0.2) is 40.0 Å². The summed E-state index contributed by atoms with van der Waals surface area (Å²) in [7, 11) is 0. The van der Waals surface area contributed by atoms with E-state index in [2.05, 4.69) is 15.5 Å². The van der Waals surface area contributed by atoms with Gasteiger partial charge in [-0.2, -0.15) is 10.2 Å². The van der Waals surface area contributed by atoms with E-state index in [0.29, 0.717) is 45.4 Å². The van der Waals surface area contributed by atoms with Crippen molar-refractivity contribution in [3.8, 4) is 0 Å². The quantitative estimate of drug-likeness (QED) is 0.763. The number of hydrogen-bond acceptors (Lipinski definition) is 6. The lowest BCUT2D eigenvalue weighted by molar-refractivity contribution is -0.151. The van der Waals surface area contributed by atoms with Gasteiger partial charge in [-0.1, -0.05) is 0 Å². The first kappa shape index (κ1) is 15.9. The molecular formula is C15H23N3O3. The number of esters is 1. The molecule has 0 atom stereocenters. The molecule has 1 aromatic rings. The van der Waals surface area contributed by atoms with E-state index in [4.69, 9.17) is 4.74 Å². The highest BCUT2D eigenvalue weighted by Gasteiger charge is 2.35. The summed E-state index contributed by atoms with van der Waals surface area (Å²) in [6.07, 6.45) is 4.23. The van der Waals surface area contributed by atoms with Gasteiger partial charge < -0.3 is 15.2 Å². The molecule has 1 aliphatic carbocycles. The van der Waals surface area contributed by atoms with Gasteiger partial charge in [0.05, 0.1) is 23.8 Å². The highest BCUT2D eigenvalue weighted by molar-refractivity contribution is 5.72. The minimum atomic E-state index is -0.745. The Balaban J connectivity index is 1.73. The maximum absolute atomic E-state index is 11.7. The van der Waals surface area contributed by atoms with Crippen molar-refractivity contribution in [1.29, 1.82) is 0 Å². The topological polar surface area (TPSA) is 84.3 Å². The predicted molar refractivity (Wildman–Crippen MR) is 77.3 cm³/mol. The maximum Gasteiger partial charge on any atom is 0.308 e. The molecule has 6 nitrogen and oxygen atoms in total. The molecule has 0 unspecified atom stereocenters. The van der Waals surface area contributed by atoms with Gasteiger partial charge in [0.1, 0.15) is 0 Å². The molecule has 0 spiro atoms. The van der Waals surface area contributed by atoms with Crippen LogP contribution in [-0.2, 0) is 16.1 Å². The average molecular weight is 293 g/mol. The summed E-state index contributed by atoms with van der Waals surface area (Å²) in [5.41, 5.74) is 0.104. The van der Waals surface area contributed by atoms with Crippen LogP contribution in [0.3, 0.4) is 0 Å². The van der Waals surface area contributed by atoms with Crippen LogP contribution in [0.4, 0.5) is 0 Å². The Morgan fingerprint density at radius 1 is 1.52 bits per heavy atom. The van der Waals surface area contributed by atoms with Gasteiger partial charge in [0.25, 0.3) is 0 Å². The van der Waals surface area contributed by atoms with Crippen LogP contribution >= 0.6 is 0 Å². The summed E-state index contributed by atoms with van der Waals surface area (Å²) in [5.74, 6) is -0.197. The Morgan fingerprint density at radius 3 is 2.90 bits per heavy atom. The largest absolute Gasteiger partial charge is 0.466 e. The van der Waals surface area contributed by atoms with Gasteiger partial charge in [-0.05, 0) is 44.7 Å². The third-order valence-corrected chi connectivity index (χ3v) is 3.92. The van der Waals surface area contributed by atoms with E-state index in [9.17, 15) is 9.90 Å². The number of rotatable bonds is 6. The number of hydrogen-bond donors (Lipinski definition) is 2. The molecule has 1 aliphatic rings. The lowest BCUT2D eigenvalue weighted by Crippen LogP contribution is -2.44. The fourth-order valence-corrected chi connectivity index (χ4v) is 2.68. The van der Waals surface area contributed by atoms with Gasteiger partial charge in [0, 0.05) is 19.3 Å². The summed E-state index contributed by atoms with van der Waals surface area (Å²) in [6.45, 7) is 3.31. The Labute approximate surface area is 124 Å². The summed E-state index contributed by atoms with van der Waals surface area (Å²) >= 11 is 0. The van der Waals surface area contributed by atoms with E-state index in [0.717, 1.165) is 5.69 Å². The van der Waals surface area contributed by atoms with E-state index >= 15 is 0 Å². The fraction of sp³-hybridized carbons (Fsp3) is 0.667. The number of aromatic nitrogens is 2. The van der Waals surface area contributed by atoms with Crippen molar-refractivity contribution >= 4 is 5.97 Å². The first-order chi connectivity index (χ1) is 10.1. The van der Waals surface area contributed by atoms with Crippen molar-refractivity contribution in [2.24, 2.45) is 5.92 Å².